The molecule has 2 aromatic heterocycles. The molecule has 3 nitrogen and oxygen atoms in total. The molecule has 0 atom stereocenters. The maximum Gasteiger partial charge on any atom is 0.139 e. The SMILES string of the molecule is Cc1ccccc1-c1nc2ccccn2c1N. The van der Waals surface area contributed by atoms with Crippen LogP contribution >= 0.6 is 0 Å². The summed E-state index contributed by atoms with van der Waals surface area (Å²) in [6.07, 6.45) is 1.93. The highest BCUT2D eigenvalue weighted by Gasteiger charge is 2.11. The molecule has 0 fully saturated rings. The summed E-state index contributed by atoms with van der Waals surface area (Å²) in [5.74, 6) is 0.690. The van der Waals surface area contributed by atoms with Crippen LogP contribution < -0.4 is 5.73 Å². The first-order valence-corrected chi connectivity index (χ1v) is 5.56. The molecule has 0 aliphatic carbocycles. The number of nitrogens with two attached hydrogens (primary N) is 1. The van der Waals surface area contributed by atoms with Crippen LogP contribution in [-0.2, 0) is 0 Å². The Hall–Kier alpha value is -2.29. The number of nitrogens with zero attached hydrogens (tertiary/aromatic N) is 2. The zero-order valence-corrected chi connectivity index (χ0v) is 9.59. The van der Waals surface area contributed by atoms with Crippen molar-refractivity contribution in [2.75, 3.05) is 5.73 Å². The zero-order valence-electron chi connectivity index (χ0n) is 9.59. The molecule has 0 radical (unpaired) electrons. The third-order valence-electron chi connectivity index (χ3n) is 2.97. The molecule has 0 saturated carbocycles. The largest absolute Gasteiger partial charge is 0.383 e. The van der Waals surface area contributed by atoms with Crippen LogP contribution in [-0.4, -0.2) is 9.38 Å². The fraction of sp³-hybridized carbons (Fsp3) is 0.0714. The Morgan fingerprint density at radius 2 is 1.82 bits per heavy atom. The van der Waals surface area contributed by atoms with Crippen LogP contribution in [0.2, 0.25) is 0 Å². The highest BCUT2D eigenvalue weighted by atomic mass is 15.1. The van der Waals surface area contributed by atoms with E-state index in [9.17, 15) is 0 Å². The topological polar surface area (TPSA) is 43.3 Å². The predicted molar refractivity (Wildman–Crippen MR) is 69.8 cm³/mol. The van der Waals surface area contributed by atoms with E-state index >= 15 is 0 Å². The number of hydrogen-bond donors (Lipinski definition) is 1. The molecule has 17 heavy (non-hydrogen) atoms. The van der Waals surface area contributed by atoms with Crippen molar-refractivity contribution in [1.82, 2.24) is 9.38 Å². The normalized spacial score (nSPS) is 10.9. The van der Waals surface area contributed by atoms with E-state index < -0.39 is 0 Å². The first-order chi connectivity index (χ1) is 8.27. The van der Waals surface area contributed by atoms with E-state index in [4.69, 9.17) is 5.73 Å². The number of rotatable bonds is 1. The summed E-state index contributed by atoms with van der Waals surface area (Å²) in [6.45, 7) is 2.07. The van der Waals surface area contributed by atoms with Crippen LogP contribution in [0.15, 0.2) is 48.7 Å². The van der Waals surface area contributed by atoms with E-state index in [0.29, 0.717) is 5.82 Å². The zero-order chi connectivity index (χ0) is 11.8. The molecule has 84 valence electrons. The van der Waals surface area contributed by atoms with Gasteiger partial charge in [-0.1, -0.05) is 30.3 Å². The van der Waals surface area contributed by atoms with Gasteiger partial charge in [-0.05, 0) is 24.6 Å². The third-order valence-corrected chi connectivity index (χ3v) is 2.97. The monoisotopic (exact) mass is 223 g/mol. The fourth-order valence-corrected chi connectivity index (χ4v) is 2.05. The highest BCUT2D eigenvalue weighted by Crippen LogP contribution is 2.28. The van der Waals surface area contributed by atoms with Crippen LogP contribution in [0.4, 0.5) is 5.82 Å². The van der Waals surface area contributed by atoms with E-state index in [1.165, 1.54) is 5.56 Å². The van der Waals surface area contributed by atoms with Gasteiger partial charge in [0.15, 0.2) is 0 Å². The Kier molecular flexibility index (Phi) is 2.11. The molecule has 2 N–H and O–H groups in total. The minimum Gasteiger partial charge on any atom is -0.383 e. The average molecular weight is 223 g/mol. The molecule has 3 aromatic rings. The van der Waals surface area contributed by atoms with Gasteiger partial charge in [0.05, 0.1) is 0 Å². The minimum atomic E-state index is 0.690. The third kappa shape index (κ3) is 1.47. The maximum atomic E-state index is 6.14. The van der Waals surface area contributed by atoms with Gasteiger partial charge >= 0.3 is 0 Å². The van der Waals surface area contributed by atoms with Gasteiger partial charge in [0.1, 0.15) is 17.2 Å². The number of nitrogen functional groups attached to an aromatic ring is 1. The predicted octanol–water partition coefficient (Wildman–Crippen LogP) is 2.89. The molecular formula is C14H13N3. The minimum absolute atomic E-state index is 0.690. The second kappa shape index (κ2) is 3.63. The van der Waals surface area contributed by atoms with Gasteiger partial charge in [-0.3, -0.25) is 4.40 Å². The van der Waals surface area contributed by atoms with Gasteiger partial charge < -0.3 is 5.73 Å². The number of aromatic nitrogens is 2. The number of aryl methyl sites for hydroxylation is 1. The summed E-state index contributed by atoms with van der Waals surface area (Å²) in [5.41, 5.74) is 10.1. The van der Waals surface area contributed by atoms with Crippen molar-refractivity contribution in [3.8, 4) is 11.3 Å². The van der Waals surface area contributed by atoms with E-state index in [-0.39, 0.29) is 0 Å². The number of benzene rings is 1. The lowest BCUT2D eigenvalue weighted by molar-refractivity contribution is 1.20. The van der Waals surface area contributed by atoms with Crippen LogP contribution in [0.1, 0.15) is 5.56 Å². The number of pyridine rings is 1. The Morgan fingerprint density at radius 3 is 2.59 bits per heavy atom. The molecule has 0 amide bonds. The molecule has 0 aliphatic heterocycles. The summed E-state index contributed by atoms with van der Waals surface area (Å²) < 4.78 is 1.90. The molecule has 0 bridgehead atoms. The number of anilines is 1. The molecule has 0 saturated heterocycles. The lowest BCUT2D eigenvalue weighted by Crippen LogP contribution is -1.94. The van der Waals surface area contributed by atoms with Gasteiger partial charge in [0.2, 0.25) is 0 Å². The summed E-state index contributed by atoms with van der Waals surface area (Å²) in [4.78, 5) is 4.58. The van der Waals surface area contributed by atoms with E-state index in [2.05, 4.69) is 18.0 Å². The van der Waals surface area contributed by atoms with E-state index in [1.54, 1.807) is 0 Å². The fourth-order valence-electron chi connectivity index (χ4n) is 2.05. The van der Waals surface area contributed by atoms with Gasteiger partial charge in [-0.15, -0.1) is 0 Å². The first kappa shape index (κ1) is 9.90. The Bertz CT molecular complexity index is 683. The number of fused-ring (bicyclic) bond motifs is 1. The van der Waals surface area contributed by atoms with Crippen molar-refractivity contribution >= 4 is 11.5 Å². The van der Waals surface area contributed by atoms with Crippen molar-refractivity contribution in [1.29, 1.82) is 0 Å². The second-order valence-electron chi connectivity index (χ2n) is 4.09. The smallest absolute Gasteiger partial charge is 0.139 e. The Labute approximate surface area is 99.5 Å². The van der Waals surface area contributed by atoms with Crippen molar-refractivity contribution in [2.24, 2.45) is 0 Å². The van der Waals surface area contributed by atoms with Crippen LogP contribution in [0.25, 0.3) is 16.9 Å². The summed E-state index contributed by atoms with van der Waals surface area (Å²) in [5, 5.41) is 0. The summed E-state index contributed by atoms with van der Waals surface area (Å²) in [7, 11) is 0. The van der Waals surface area contributed by atoms with Gasteiger partial charge in [0, 0.05) is 11.8 Å². The van der Waals surface area contributed by atoms with Gasteiger partial charge in [-0.2, -0.15) is 0 Å². The van der Waals surface area contributed by atoms with Gasteiger partial charge in [-0.25, -0.2) is 4.98 Å². The van der Waals surface area contributed by atoms with E-state index in [0.717, 1.165) is 16.9 Å². The molecule has 0 unspecified atom stereocenters. The van der Waals surface area contributed by atoms with Crippen LogP contribution in [0, 0.1) is 6.92 Å². The standard InChI is InChI=1S/C14H13N3/c1-10-6-2-3-7-11(10)13-14(15)17-9-5-4-8-12(17)16-13/h2-9H,15H2,1H3. The molecule has 0 spiro atoms. The second-order valence-corrected chi connectivity index (χ2v) is 4.09. The quantitative estimate of drug-likeness (QED) is 0.689. The summed E-state index contributed by atoms with van der Waals surface area (Å²) >= 11 is 0. The molecule has 1 aromatic carbocycles. The molecule has 2 heterocycles. The number of hydrogen-bond acceptors (Lipinski definition) is 2. The maximum absolute atomic E-state index is 6.14. The van der Waals surface area contributed by atoms with Gasteiger partial charge in [0.25, 0.3) is 0 Å². The highest BCUT2D eigenvalue weighted by molar-refractivity contribution is 5.76. The van der Waals surface area contributed by atoms with Crippen molar-refractivity contribution in [2.45, 2.75) is 6.92 Å². The molecule has 3 rings (SSSR count). The van der Waals surface area contributed by atoms with Crippen molar-refractivity contribution in [3.63, 3.8) is 0 Å². The first-order valence-electron chi connectivity index (χ1n) is 5.56. The Morgan fingerprint density at radius 1 is 1.06 bits per heavy atom. The van der Waals surface area contributed by atoms with Crippen molar-refractivity contribution in [3.05, 3.63) is 54.2 Å². The van der Waals surface area contributed by atoms with E-state index in [1.807, 2.05) is 47.0 Å². The van der Waals surface area contributed by atoms with Crippen LogP contribution in [0.5, 0.6) is 0 Å². The molecular weight excluding hydrogens is 210 g/mol. The van der Waals surface area contributed by atoms with Crippen molar-refractivity contribution < 1.29 is 0 Å². The Balaban J connectivity index is 2.32. The number of imidazole rings is 1. The average Bonchev–Trinajstić information content (AvgIpc) is 2.68. The molecule has 0 aliphatic rings. The van der Waals surface area contributed by atoms with Crippen LogP contribution in [0.3, 0.4) is 0 Å². The lowest BCUT2D eigenvalue weighted by atomic mass is 10.1. The molecule has 3 heteroatoms. The lowest BCUT2D eigenvalue weighted by Gasteiger charge is -2.02. The summed E-state index contributed by atoms with van der Waals surface area (Å²) in [6, 6.07) is 14.0.